The average Bonchev–Trinajstić information content (AvgIpc) is 2.66. The first-order valence-electron chi connectivity index (χ1n) is 11.1. The quantitative estimate of drug-likeness (QED) is 0.162. The van der Waals surface area contributed by atoms with Crippen molar-refractivity contribution in [1.82, 2.24) is 0 Å². The summed E-state index contributed by atoms with van der Waals surface area (Å²) in [7, 11) is 0. The fraction of sp³-hybridized carbons (Fsp3) is 0.826. The van der Waals surface area contributed by atoms with Gasteiger partial charge in [0.2, 0.25) is 0 Å². The van der Waals surface area contributed by atoms with E-state index in [0.717, 1.165) is 38.5 Å². The Kier molecular flexibility index (Phi) is 9.42. The van der Waals surface area contributed by atoms with E-state index >= 15 is 0 Å². The second-order valence-electron chi connectivity index (χ2n) is 8.25. The third-order valence-corrected chi connectivity index (χ3v) is 6.17. The predicted molar refractivity (Wildman–Crippen MR) is 106 cm³/mol. The lowest BCUT2D eigenvalue weighted by atomic mass is 9.71. The van der Waals surface area contributed by atoms with Crippen LogP contribution in [0.3, 0.4) is 0 Å². The van der Waals surface area contributed by atoms with Crippen LogP contribution >= 0.6 is 0 Å². The van der Waals surface area contributed by atoms with E-state index in [1.807, 2.05) is 0 Å². The Morgan fingerprint density at radius 2 is 1.35 bits per heavy atom. The van der Waals surface area contributed by atoms with Crippen LogP contribution in [0.4, 0.5) is 0 Å². The average molecular weight is 363 g/mol. The molecule has 0 spiro atoms. The van der Waals surface area contributed by atoms with Crippen molar-refractivity contribution >= 4 is 11.8 Å². The van der Waals surface area contributed by atoms with E-state index in [4.69, 9.17) is 4.74 Å². The molecule has 0 aromatic rings. The van der Waals surface area contributed by atoms with Gasteiger partial charge in [-0.3, -0.25) is 4.79 Å². The molecule has 0 atom stereocenters. The lowest BCUT2D eigenvalue weighted by Gasteiger charge is -2.33. The lowest BCUT2D eigenvalue weighted by molar-refractivity contribution is -0.140. The van der Waals surface area contributed by atoms with Crippen molar-refractivity contribution in [2.75, 3.05) is 6.61 Å². The third-order valence-electron chi connectivity index (χ3n) is 6.17. The van der Waals surface area contributed by atoms with Crippen molar-refractivity contribution in [3.05, 3.63) is 11.1 Å². The molecule has 0 aromatic heterocycles. The number of Topliss-reactive ketones (excluding diaryl/α,β-unsaturated/α-hetero) is 1. The van der Waals surface area contributed by atoms with Gasteiger partial charge in [-0.25, -0.2) is 4.79 Å². The number of hydrogen-bond donors (Lipinski definition) is 0. The molecule has 0 bridgehead atoms. The molecule has 3 nitrogen and oxygen atoms in total. The van der Waals surface area contributed by atoms with E-state index in [2.05, 4.69) is 6.92 Å². The minimum absolute atomic E-state index is 0.0882. The minimum atomic E-state index is -0.347. The summed E-state index contributed by atoms with van der Waals surface area (Å²) in [4.78, 5) is 25.3. The fourth-order valence-corrected chi connectivity index (χ4v) is 4.80. The molecule has 2 aliphatic rings. The second kappa shape index (κ2) is 11.6. The Morgan fingerprint density at radius 3 is 1.81 bits per heavy atom. The number of carbonyl (C=O) groups excluding carboxylic acids is 2. The van der Waals surface area contributed by atoms with Gasteiger partial charge in [0.05, 0.1) is 6.61 Å². The molecule has 0 heterocycles. The molecule has 2 aliphatic carbocycles. The van der Waals surface area contributed by atoms with Gasteiger partial charge in [-0.15, -0.1) is 0 Å². The highest BCUT2D eigenvalue weighted by atomic mass is 16.5. The second-order valence-corrected chi connectivity index (χ2v) is 8.25. The molecular formula is C23H38O3. The smallest absolute Gasteiger partial charge is 0.341 e. The molecule has 0 aromatic carbocycles. The summed E-state index contributed by atoms with van der Waals surface area (Å²) in [5.74, 6) is 0.395. The van der Waals surface area contributed by atoms with Crippen LogP contribution < -0.4 is 0 Å². The van der Waals surface area contributed by atoms with Crippen molar-refractivity contribution < 1.29 is 14.3 Å². The molecule has 148 valence electrons. The molecule has 0 N–H and O–H groups in total. The summed E-state index contributed by atoms with van der Waals surface area (Å²) in [5.41, 5.74) is 1.59. The summed E-state index contributed by atoms with van der Waals surface area (Å²) < 4.78 is 5.56. The van der Waals surface area contributed by atoms with Gasteiger partial charge in [0.15, 0.2) is 5.78 Å². The van der Waals surface area contributed by atoms with E-state index in [-0.39, 0.29) is 11.8 Å². The summed E-state index contributed by atoms with van der Waals surface area (Å²) in [5, 5.41) is 0. The van der Waals surface area contributed by atoms with Gasteiger partial charge in [-0.1, -0.05) is 64.7 Å². The predicted octanol–water partition coefficient (Wildman–Crippen LogP) is 6.16. The third kappa shape index (κ3) is 6.25. The highest BCUT2D eigenvalue weighted by molar-refractivity contribution is 6.17. The number of allylic oxidation sites excluding steroid dienone is 1. The van der Waals surface area contributed by atoms with Gasteiger partial charge in [-0.2, -0.15) is 0 Å². The lowest BCUT2D eigenvalue weighted by Crippen LogP contribution is -2.26. The highest BCUT2D eigenvalue weighted by Crippen LogP contribution is 2.41. The molecule has 2 saturated carbocycles. The van der Waals surface area contributed by atoms with E-state index < -0.39 is 0 Å². The molecule has 0 saturated heterocycles. The maximum Gasteiger partial charge on any atom is 0.341 e. The molecule has 0 aliphatic heterocycles. The van der Waals surface area contributed by atoms with Crippen LogP contribution in [-0.4, -0.2) is 18.4 Å². The molecule has 26 heavy (non-hydrogen) atoms. The zero-order valence-corrected chi connectivity index (χ0v) is 17.0. The molecule has 0 radical (unpaired) electrons. The zero-order valence-electron chi connectivity index (χ0n) is 17.0. The van der Waals surface area contributed by atoms with Crippen molar-refractivity contribution in [2.24, 2.45) is 11.8 Å². The van der Waals surface area contributed by atoms with Crippen molar-refractivity contribution in [3.8, 4) is 0 Å². The molecule has 2 rings (SSSR count). The van der Waals surface area contributed by atoms with Crippen LogP contribution in [0.2, 0.25) is 0 Å². The van der Waals surface area contributed by atoms with Crippen LogP contribution in [-0.2, 0) is 14.3 Å². The Balaban J connectivity index is 2.18. The first kappa shape index (κ1) is 21.2. The Hall–Kier alpha value is -1.12. The van der Waals surface area contributed by atoms with Crippen LogP contribution in [0.15, 0.2) is 11.1 Å². The van der Waals surface area contributed by atoms with E-state index in [0.29, 0.717) is 24.0 Å². The highest BCUT2D eigenvalue weighted by Gasteiger charge is 2.33. The van der Waals surface area contributed by atoms with Gasteiger partial charge in [0.1, 0.15) is 5.57 Å². The van der Waals surface area contributed by atoms with E-state index in [9.17, 15) is 9.59 Å². The normalized spacial score (nSPS) is 19.2. The topological polar surface area (TPSA) is 43.4 Å². The van der Waals surface area contributed by atoms with Crippen molar-refractivity contribution in [3.63, 3.8) is 0 Å². The zero-order chi connectivity index (χ0) is 18.8. The first-order chi connectivity index (χ1) is 12.6. The summed E-state index contributed by atoms with van der Waals surface area (Å²) >= 11 is 0. The number of ketones is 1. The van der Waals surface area contributed by atoms with Crippen LogP contribution in [0.25, 0.3) is 0 Å². The summed E-state index contributed by atoms with van der Waals surface area (Å²) in [6, 6.07) is 0. The minimum Gasteiger partial charge on any atom is -0.462 e. The number of carbonyl (C=O) groups is 2. The standard InChI is InChI=1S/C23H38O3/c1-3-4-5-12-17-26-23(25)21(18(2)24)22(19-13-8-6-9-14-19)20-15-10-7-11-16-20/h19-20H,3-17H2,1-2H3. The van der Waals surface area contributed by atoms with Crippen LogP contribution in [0.1, 0.15) is 104 Å². The van der Waals surface area contributed by atoms with E-state index in [1.165, 1.54) is 56.9 Å². The number of esters is 1. The van der Waals surface area contributed by atoms with Crippen LogP contribution in [0.5, 0.6) is 0 Å². The SMILES string of the molecule is CCCCCCOC(=O)C(C(C)=O)=C(C1CCCCC1)C1CCCCC1. The number of unbranched alkanes of at least 4 members (excludes halogenated alkanes) is 3. The summed E-state index contributed by atoms with van der Waals surface area (Å²) in [6.45, 7) is 4.17. The van der Waals surface area contributed by atoms with Gasteiger partial charge < -0.3 is 4.74 Å². The fourth-order valence-electron chi connectivity index (χ4n) is 4.80. The molecule has 3 heteroatoms. The van der Waals surface area contributed by atoms with Crippen molar-refractivity contribution in [2.45, 2.75) is 104 Å². The van der Waals surface area contributed by atoms with Gasteiger partial charge in [-0.05, 0) is 56.4 Å². The van der Waals surface area contributed by atoms with Gasteiger partial charge >= 0.3 is 5.97 Å². The molecule has 0 amide bonds. The molecular weight excluding hydrogens is 324 g/mol. The number of ether oxygens (including phenoxy) is 1. The molecule has 2 fully saturated rings. The Labute approximate surface area is 160 Å². The molecule has 0 unspecified atom stereocenters. The summed E-state index contributed by atoms with van der Waals surface area (Å²) in [6.07, 6.45) is 16.3. The number of hydrogen-bond acceptors (Lipinski definition) is 3. The maximum absolute atomic E-state index is 12.8. The van der Waals surface area contributed by atoms with Gasteiger partial charge in [0.25, 0.3) is 0 Å². The van der Waals surface area contributed by atoms with Crippen LogP contribution in [0, 0.1) is 11.8 Å². The maximum atomic E-state index is 12.8. The number of rotatable bonds is 9. The van der Waals surface area contributed by atoms with Crippen molar-refractivity contribution in [1.29, 1.82) is 0 Å². The van der Waals surface area contributed by atoms with E-state index in [1.54, 1.807) is 6.92 Å². The Morgan fingerprint density at radius 1 is 0.808 bits per heavy atom. The first-order valence-corrected chi connectivity index (χ1v) is 11.1. The largest absolute Gasteiger partial charge is 0.462 e. The monoisotopic (exact) mass is 362 g/mol. The Bertz CT molecular complexity index is 460. The van der Waals surface area contributed by atoms with Gasteiger partial charge in [0, 0.05) is 0 Å².